The van der Waals surface area contributed by atoms with E-state index in [1.165, 1.54) is 16.4 Å². The maximum Gasteiger partial charge on any atom is 0.251 e. The Labute approximate surface area is 142 Å². The van der Waals surface area contributed by atoms with E-state index in [9.17, 15) is 13.2 Å². The van der Waals surface area contributed by atoms with Crippen molar-refractivity contribution < 1.29 is 13.2 Å². The molecule has 1 N–H and O–H groups in total. The molecule has 1 fully saturated rings. The van der Waals surface area contributed by atoms with Crippen LogP contribution in [0.3, 0.4) is 0 Å². The van der Waals surface area contributed by atoms with Crippen LogP contribution in [0.4, 0.5) is 0 Å². The molecule has 1 aliphatic rings. The van der Waals surface area contributed by atoms with Crippen LogP contribution < -0.4 is 5.32 Å². The molecule has 1 aliphatic heterocycles. The summed E-state index contributed by atoms with van der Waals surface area (Å²) in [6.07, 6.45) is 5.66. The number of rotatable bonds is 5. The SMILES string of the molecule is Cn1ccc(CNC(=O)c2ccc(S(=O)(=O)N3CCCC3)cc2)c1. The van der Waals surface area contributed by atoms with Gasteiger partial charge in [0, 0.05) is 44.6 Å². The monoisotopic (exact) mass is 347 g/mol. The van der Waals surface area contributed by atoms with Gasteiger partial charge >= 0.3 is 0 Å². The summed E-state index contributed by atoms with van der Waals surface area (Å²) >= 11 is 0. The number of carbonyl (C=O) groups excluding carboxylic acids is 1. The minimum atomic E-state index is -3.43. The topological polar surface area (TPSA) is 71.4 Å². The molecule has 2 heterocycles. The standard InChI is InChI=1S/C17H21N3O3S/c1-19-11-8-14(13-19)12-18-17(21)15-4-6-16(7-5-15)24(22,23)20-9-2-3-10-20/h4-8,11,13H,2-3,9-10,12H2,1H3,(H,18,21). The molecule has 0 aliphatic carbocycles. The van der Waals surface area contributed by atoms with Crippen LogP contribution in [-0.4, -0.2) is 36.3 Å². The third-order valence-electron chi connectivity index (χ3n) is 4.17. The van der Waals surface area contributed by atoms with E-state index in [0.717, 1.165) is 18.4 Å². The third-order valence-corrected chi connectivity index (χ3v) is 6.08. The summed E-state index contributed by atoms with van der Waals surface area (Å²) in [5.74, 6) is -0.219. The first-order valence-electron chi connectivity index (χ1n) is 7.96. The second-order valence-corrected chi connectivity index (χ2v) is 7.94. The van der Waals surface area contributed by atoms with E-state index in [1.807, 2.05) is 30.1 Å². The van der Waals surface area contributed by atoms with Gasteiger partial charge in [-0.15, -0.1) is 0 Å². The molecule has 1 aromatic heterocycles. The summed E-state index contributed by atoms with van der Waals surface area (Å²) < 4.78 is 28.3. The van der Waals surface area contributed by atoms with Crippen molar-refractivity contribution in [3.8, 4) is 0 Å². The van der Waals surface area contributed by atoms with E-state index < -0.39 is 10.0 Å². The van der Waals surface area contributed by atoms with Gasteiger partial charge in [-0.3, -0.25) is 4.79 Å². The molecule has 0 unspecified atom stereocenters. The first kappa shape index (κ1) is 16.7. The van der Waals surface area contributed by atoms with Crippen LogP contribution in [-0.2, 0) is 23.6 Å². The van der Waals surface area contributed by atoms with Gasteiger partial charge in [0.1, 0.15) is 0 Å². The summed E-state index contributed by atoms with van der Waals surface area (Å²) in [7, 11) is -1.51. The highest BCUT2D eigenvalue weighted by molar-refractivity contribution is 7.89. The fraction of sp³-hybridized carbons (Fsp3) is 0.353. The zero-order valence-corrected chi connectivity index (χ0v) is 14.4. The molecule has 128 valence electrons. The highest BCUT2D eigenvalue weighted by Crippen LogP contribution is 2.21. The van der Waals surface area contributed by atoms with E-state index >= 15 is 0 Å². The number of nitrogens with one attached hydrogen (secondary N) is 1. The van der Waals surface area contributed by atoms with Crippen molar-refractivity contribution in [1.29, 1.82) is 0 Å². The molecule has 3 rings (SSSR count). The Kier molecular flexibility index (Phi) is 4.73. The van der Waals surface area contributed by atoms with Crippen molar-refractivity contribution in [2.75, 3.05) is 13.1 Å². The predicted molar refractivity (Wildman–Crippen MR) is 91.0 cm³/mol. The van der Waals surface area contributed by atoms with Gasteiger partial charge in [0.2, 0.25) is 10.0 Å². The molecule has 0 bridgehead atoms. The number of aromatic nitrogens is 1. The summed E-state index contributed by atoms with van der Waals surface area (Å²) in [6.45, 7) is 1.58. The van der Waals surface area contributed by atoms with Gasteiger partial charge in [0.05, 0.1) is 4.90 Å². The van der Waals surface area contributed by atoms with Crippen LogP contribution in [0.15, 0.2) is 47.6 Å². The Hall–Kier alpha value is -2.12. The highest BCUT2D eigenvalue weighted by Gasteiger charge is 2.27. The molecule has 0 saturated carbocycles. The first-order valence-corrected chi connectivity index (χ1v) is 9.40. The van der Waals surface area contributed by atoms with Gasteiger partial charge in [-0.25, -0.2) is 8.42 Å². The van der Waals surface area contributed by atoms with E-state index in [2.05, 4.69) is 5.32 Å². The van der Waals surface area contributed by atoms with E-state index in [0.29, 0.717) is 25.2 Å². The van der Waals surface area contributed by atoms with Crippen molar-refractivity contribution in [2.24, 2.45) is 7.05 Å². The zero-order valence-electron chi connectivity index (χ0n) is 13.6. The summed E-state index contributed by atoms with van der Waals surface area (Å²) in [5.41, 5.74) is 1.46. The van der Waals surface area contributed by atoms with Crippen molar-refractivity contribution in [3.63, 3.8) is 0 Å². The molecule has 6 nitrogen and oxygen atoms in total. The smallest absolute Gasteiger partial charge is 0.251 e. The second kappa shape index (κ2) is 6.78. The highest BCUT2D eigenvalue weighted by atomic mass is 32.2. The van der Waals surface area contributed by atoms with Gasteiger partial charge in [0.25, 0.3) is 5.91 Å². The Morgan fingerprint density at radius 3 is 2.38 bits per heavy atom. The van der Waals surface area contributed by atoms with Gasteiger partial charge in [-0.2, -0.15) is 4.31 Å². The normalized spacial score (nSPS) is 15.5. The van der Waals surface area contributed by atoms with Crippen LogP contribution >= 0.6 is 0 Å². The molecule has 2 aromatic rings. The van der Waals surface area contributed by atoms with Crippen molar-refractivity contribution in [2.45, 2.75) is 24.3 Å². The van der Waals surface area contributed by atoms with Crippen molar-refractivity contribution >= 4 is 15.9 Å². The lowest BCUT2D eigenvalue weighted by Crippen LogP contribution is -2.28. The Morgan fingerprint density at radius 2 is 1.79 bits per heavy atom. The minimum absolute atomic E-state index is 0.219. The van der Waals surface area contributed by atoms with Gasteiger partial charge in [0.15, 0.2) is 0 Å². The van der Waals surface area contributed by atoms with Crippen LogP contribution in [0.2, 0.25) is 0 Å². The van der Waals surface area contributed by atoms with Gasteiger partial charge in [-0.1, -0.05) is 0 Å². The second-order valence-electron chi connectivity index (χ2n) is 6.00. The summed E-state index contributed by atoms with van der Waals surface area (Å²) in [4.78, 5) is 12.4. The van der Waals surface area contributed by atoms with Crippen molar-refractivity contribution in [1.82, 2.24) is 14.2 Å². The molecular weight excluding hydrogens is 326 g/mol. The van der Waals surface area contributed by atoms with Gasteiger partial charge in [-0.05, 0) is 48.7 Å². The zero-order chi connectivity index (χ0) is 17.2. The average Bonchev–Trinajstić information content (AvgIpc) is 3.24. The molecule has 1 amide bonds. The van der Waals surface area contributed by atoms with Crippen LogP contribution in [0.5, 0.6) is 0 Å². The quantitative estimate of drug-likeness (QED) is 0.895. The van der Waals surface area contributed by atoms with Crippen LogP contribution in [0.25, 0.3) is 0 Å². The Bertz CT molecular complexity index is 819. The van der Waals surface area contributed by atoms with E-state index in [1.54, 1.807) is 12.1 Å². The molecule has 0 atom stereocenters. The number of amides is 1. The van der Waals surface area contributed by atoms with Crippen LogP contribution in [0, 0.1) is 0 Å². The number of sulfonamides is 1. The lowest BCUT2D eigenvalue weighted by Gasteiger charge is -2.15. The fourth-order valence-corrected chi connectivity index (χ4v) is 4.32. The van der Waals surface area contributed by atoms with E-state index in [4.69, 9.17) is 0 Å². The Morgan fingerprint density at radius 1 is 1.12 bits per heavy atom. The average molecular weight is 347 g/mol. The number of aryl methyl sites for hydroxylation is 1. The Balaban J connectivity index is 1.66. The fourth-order valence-electron chi connectivity index (χ4n) is 2.81. The molecule has 0 spiro atoms. The predicted octanol–water partition coefficient (Wildman–Crippen LogP) is 1.74. The van der Waals surface area contributed by atoms with Gasteiger partial charge < -0.3 is 9.88 Å². The molecule has 24 heavy (non-hydrogen) atoms. The van der Waals surface area contributed by atoms with Crippen LogP contribution in [0.1, 0.15) is 28.8 Å². The van der Waals surface area contributed by atoms with Crippen molar-refractivity contribution in [3.05, 3.63) is 53.9 Å². The summed E-state index contributed by atoms with van der Waals surface area (Å²) in [6, 6.07) is 8.06. The third kappa shape index (κ3) is 3.52. The lowest BCUT2D eigenvalue weighted by atomic mass is 10.2. The number of hydrogen-bond acceptors (Lipinski definition) is 3. The maximum atomic E-state index is 12.5. The maximum absolute atomic E-state index is 12.5. The van der Waals surface area contributed by atoms with E-state index in [-0.39, 0.29) is 10.8 Å². The number of hydrogen-bond donors (Lipinski definition) is 1. The number of benzene rings is 1. The molecule has 1 aromatic carbocycles. The largest absolute Gasteiger partial charge is 0.357 e. The molecule has 7 heteroatoms. The summed E-state index contributed by atoms with van der Waals surface area (Å²) in [5, 5.41) is 2.83. The minimum Gasteiger partial charge on any atom is -0.357 e. The molecule has 1 saturated heterocycles. The number of nitrogens with zero attached hydrogens (tertiary/aromatic N) is 2. The molecule has 0 radical (unpaired) electrons. The lowest BCUT2D eigenvalue weighted by molar-refractivity contribution is 0.0951. The first-order chi connectivity index (χ1) is 11.5. The number of carbonyl (C=O) groups is 1. The molecular formula is C17H21N3O3S.